The van der Waals surface area contributed by atoms with Gasteiger partial charge in [0.15, 0.2) is 0 Å². The summed E-state index contributed by atoms with van der Waals surface area (Å²) in [6.45, 7) is 15.3. The molecule has 318 valence electrons. The van der Waals surface area contributed by atoms with Gasteiger partial charge in [-0.1, -0.05) is 39.3 Å². The molecule has 15 heteroatoms. The average molecular weight is 839 g/mol. The SMILES string of the molecule is CC(C)N(CC1CCN(c2cnc(C(N)=O)cn2)CC1)C1CC(Oc2ccc(C(=O)N(C3CCC(=O)NC3=O)C3C(C)(C)C(Oc4ccc(C#N)c(Cl)c4)C3(C)C)cc2)C1. The Morgan fingerprint density at radius 2 is 1.65 bits per heavy atom. The molecule has 2 aliphatic carbocycles. The number of nitriles is 1. The quantitative estimate of drug-likeness (QED) is 0.199. The molecule has 2 aliphatic heterocycles. The first-order valence-electron chi connectivity index (χ1n) is 20.9. The number of piperidine rings is 2. The highest BCUT2D eigenvalue weighted by Gasteiger charge is 2.67. The number of carbonyl (C=O) groups is 4. The molecule has 1 unspecified atom stereocenters. The molecular weight excluding hydrogens is 784 g/mol. The van der Waals surface area contributed by atoms with Gasteiger partial charge in [-0.3, -0.25) is 29.4 Å². The Hall–Kier alpha value is -5.26. The number of hydrogen-bond donors (Lipinski definition) is 2. The van der Waals surface area contributed by atoms with Crippen LogP contribution >= 0.6 is 11.6 Å². The molecule has 2 saturated heterocycles. The van der Waals surface area contributed by atoms with Crippen LogP contribution in [0.4, 0.5) is 5.82 Å². The highest BCUT2D eigenvalue weighted by Crippen LogP contribution is 2.59. The van der Waals surface area contributed by atoms with E-state index in [1.807, 2.05) is 39.8 Å². The zero-order valence-corrected chi connectivity index (χ0v) is 35.9. The van der Waals surface area contributed by atoms with E-state index < -0.39 is 34.7 Å². The molecule has 0 radical (unpaired) electrons. The Balaban J connectivity index is 0.975. The highest BCUT2D eigenvalue weighted by molar-refractivity contribution is 6.31. The molecule has 3 heterocycles. The molecule has 3 N–H and O–H groups in total. The first-order chi connectivity index (χ1) is 28.5. The third-order valence-corrected chi connectivity index (χ3v) is 13.4. The molecule has 0 bridgehead atoms. The van der Waals surface area contributed by atoms with E-state index in [9.17, 15) is 24.4 Å². The lowest BCUT2D eigenvalue weighted by molar-refractivity contribution is -0.206. The number of nitrogens with two attached hydrogens (primary N) is 1. The Bertz CT molecular complexity index is 2130. The molecule has 3 aromatic rings. The van der Waals surface area contributed by atoms with E-state index >= 15 is 0 Å². The van der Waals surface area contributed by atoms with Gasteiger partial charge in [0.25, 0.3) is 11.8 Å². The summed E-state index contributed by atoms with van der Waals surface area (Å²) < 4.78 is 12.9. The average Bonchev–Trinajstić information content (AvgIpc) is 3.19. The number of primary amides is 1. The minimum absolute atomic E-state index is 0.0565. The van der Waals surface area contributed by atoms with Crippen LogP contribution in [0.15, 0.2) is 54.9 Å². The number of amides is 4. The molecule has 14 nitrogen and oxygen atoms in total. The topological polar surface area (TPSA) is 184 Å². The number of halogens is 1. The van der Waals surface area contributed by atoms with Crippen LogP contribution < -0.4 is 25.4 Å². The number of ether oxygens (including phenoxy) is 2. The van der Waals surface area contributed by atoms with E-state index in [4.69, 9.17) is 26.8 Å². The number of carbonyl (C=O) groups excluding carboxylic acids is 4. The summed E-state index contributed by atoms with van der Waals surface area (Å²) in [6.07, 6.45) is 6.99. The molecule has 60 heavy (non-hydrogen) atoms. The fraction of sp³-hybridized carbons (Fsp3) is 0.533. The van der Waals surface area contributed by atoms with Gasteiger partial charge in [0, 0.05) is 73.4 Å². The van der Waals surface area contributed by atoms with Crippen LogP contribution in [0.2, 0.25) is 5.02 Å². The van der Waals surface area contributed by atoms with Gasteiger partial charge in [-0.05, 0) is 75.4 Å². The van der Waals surface area contributed by atoms with E-state index in [1.54, 1.807) is 41.4 Å². The van der Waals surface area contributed by atoms with Crippen molar-refractivity contribution in [1.29, 1.82) is 5.26 Å². The summed E-state index contributed by atoms with van der Waals surface area (Å²) in [5.41, 5.74) is 5.00. The molecule has 2 saturated carbocycles. The zero-order valence-electron chi connectivity index (χ0n) is 35.2. The summed E-state index contributed by atoms with van der Waals surface area (Å²) in [4.78, 5) is 66.7. The van der Waals surface area contributed by atoms with Gasteiger partial charge in [-0.2, -0.15) is 5.26 Å². The van der Waals surface area contributed by atoms with Gasteiger partial charge >= 0.3 is 0 Å². The largest absolute Gasteiger partial charge is 0.490 e. The highest BCUT2D eigenvalue weighted by atomic mass is 35.5. The molecule has 0 spiro atoms. The smallest absolute Gasteiger partial charge is 0.268 e. The van der Waals surface area contributed by atoms with E-state index in [1.165, 1.54) is 6.20 Å². The zero-order chi connectivity index (χ0) is 43.1. The van der Waals surface area contributed by atoms with E-state index in [-0.39, 0.29) is 47.6 Å². The van der Waals surface area contributed by atoms with Crippen LogP contribution in [0.1, 0.15) is 106 Å². The molecule has 1 atom stereocenters. The van der Waals surface area contributed by atoms with E-state index in [2.05, 4.69) is 45.0 Å². The second kappa shape index (κ2) is 17.0. The first kappa shape index (κ1) is 42.8. The molecule has 4 fully saturated rings. The van der Waals surface area contributed by atoms with Crippen molar-refractivity contribution >= 4 is 41.0 Å². The number of nitrogens with one attached hydrogen (secondary N) is 1. The van der Waals surface area contributed by atoms with Crippen LogP contribution in [-0.2, 0) is 9.59 Å². The number of imide groups is 1. The lowest BCUT2D eigenvalue weighted by Gasteiger charge is -2.66. The number of anilines is 1. The molecule has 2 aromatic carbocycles. The Morgan fingerprint density at radius 3 is 2.22 bits per heavy atom. The minimum Gasteiger partial charge on any atom is -0.490 e. The van der Waals surface area contributed by atoms with Crippen molar-refractivity contribution in [3.05, 3.63) is 76.7 Å². The van der Waals surface area contributed by atoms with Crippen molar-refractivity contribution in [2.24, 2.45) is 22.5 Å². The second-order valence-electron chi connectivity index (χ2n) is 18.2. The second-order valence-corrected chi connectivity index (χ2v) is 18.6. The lowest BCUT2D eigenvalue weighted by Crippen LogP contribution is -2.77. The van der Waals surface area contributed by atoms with Gasteiger partial charge in [0.05, 0.1) is 29.0 Å². The lowest BCUT2D eigenvalue weighted by atomic mass is 9.48. The minimum atomic E-state index is -0.848. The van der Waals surface area contributed by atoms with Gasteiger partial charge in [-0.25, -0.2) is 9.97 Å². The van der Waals surface area contributed by atoms with Crippen LogP contribution in [0, 0.1) is 28.1 Å². The molecular formula is C45H55ClN8O6. The summed E-state index contributed by atoms with van der Waals surface area (Å²) in [7, 11) is 0. The standard InChI is InChI=1S/C45H55ClN8O6/c1-26(2)53(25-27-15-17-52(18-16-27)37-24-49-35(23-50-37)39(48)56)30-19-33(20-30)59-31-10-7-28(8-11-31)41(58)54(36-13-14-38(55)51-40(36)57)42-44(3,4)43(45(42,5)6)60-32-12-9-29(22-47)34(46)21-32/h7-12,21,23-24,26-27,30,33,36,42-43H,13-20,25H2,1-6H3,(H2,48,56)(H,51,55,57). The van der Waals surface area contributed by atoms with Crippen molar-refractivity contribution < 1.29 is 28.7 Å². The normalized spacial score (nSPS) is 24.8. The molecule has 4 amide bonds. The van der Waals surface area contributed by atoms with Gasteiger partial charge in [0.2, 0.25) is 11.8 Å². The number of hydrogen-bond acceptors (Lipinski definition) is 11. The Kier molecular flexibility index (Phi) is 12.1. The number of nitrogens with zero attached hydrogens (tertiary/aromatic N) is 6. The van der Waals surface area contributed by atoms with Gasteiger partial charge in [-0.15, -0.1) is 0 Å². The Labute approximate surface area is 356 Å². The summed E-state index contributed by atoms with van der Waals surface area (Å²) >= 11 is 6.32. The maximum atomic E-state index is 14.6. The third kappa shape index (κ3) is 8.52. The van der Waals surface area contributed by atoms with Crippen LogP contribution in [0.25, 0.3) is 0 Å². The fourth-order valence-corrected chi connectivity index (χ4v) is 10.5. The van der Waals surface area contributed by atoms with Crippen LogP contribution in [0.5, 0.6) is 11.5 Å². The van der Waals surface area contributed by atoms with Crippen molar-refractivity contribution in [2.75, 3.05) is 24.5 Å². The fourth-order valence-electron chi connectivity index (χ4n) is 10.3. The van der Waals surface area contributed by atoms with Crippen molar-refractivity contribution in [1.82, 2.24) is 25.1 Å². The molecule has 1 aromatic heterocycles. The Morgan fingerprint density at radius 1 is 0.983 bits per heavy atom. The monoisotopic (exact) mass is 838 g/mol. The predicted octanol–water partition coefficient (Wildman–Crippen LogP) is 5.77. The first-order valence-corrected chi connectivity index (χ1v) is 21.3. The van der Waals surface area contributed by atoms with Crippen LogP contribution in [-0.4, -0.2) is 99.4 Å². The number of rotatable bonds is 13. The third-order valence-electron chi connectivity index (χ3n) is 13.0. The maximum Gasteiger partial charge on any atom is 0.268 e. The van der Waals surface area contributed by atoms with Crippen molar-refractivity contribution in [3.63, 3.8) is 0 Å². The van der Waals surface area contributed by atoms with Gasteiger partial charge < -0.3 is 25.0 Å². The maximum absolute atomic E-state index is 14.6. The molecule has 7 rings (SSSR count). The van der Waals surface area contributed by atoms with Gasteiger partial charge in [0.1, 0.15) is 47.3 Å². The molecule has 4 aliphatic rings. The van der Waals surface area contributed by atoms with E-state index in [0.29, 0.717) is 40.6 Å². The number of aromatic nitrogens is 2. The van der Waals surface area contributed by atoms with Crippen molar-refractivity contribution in [2.45, 2.75) is 116 Å². The summed E-state index contributed by atoms with van der Waals surface area (Å²) in [5.74, 6) is 0.775. The van der Waals surface area contributed by atoms with E-state index in [0.717, 1.165) is 51.1 Å². The number of benzene rings is 2. The van der Waals surface area contributed by atoms with Crippen molar-refractivity contribution in [3.8, 4) is 17.6 Å². The predicted molar refractivity (Wildman–Crippen MR) is 225 cm³/mol. The summed E-state index contributed by atoms with van der Waals surface area (Å²) in [5, 5.41) is 12.1. The summed E-state index contributed by atoms with van der Waals surface area (Å²) in [6, 6.07) is 13.7. The van der Waals surface area contributed by atoms with Crippen LogP contribution in [0.3, 0.4) is 0 Å².